The van der Waals surface area contributed by atoms with Gasteiger partial charge in [0.05, 0.1) is 6.54 Å². The van der Waals surface area contributed by atoms with Gasteiger partial charge in [0.25, 0.3) is 0 Å². The predicted octanol–water partition coefficient (Wildman–Crippen LogP) is 2.49. The molecule has 3 aliphatic rings. The maximum atomic E-state index is 13.9. The van der Waals surface area contributed by atoms with Crippen LogP contribution in [0.2, 0.25) is 0 Å². The second-order valence-electron chi connectivity index (χ2n) is 8.86. The number of hydrogen-bond donors (Lipinski definition) is 2. The fraction of sp³-hybridized carbons (Fsp3) is 0.500. The SMILES string of the molecule is F[C@@H]1CCN(c2nc(Nc3cc(C4CC4)[nH]n3)nc(N3CCN(c4ccccn4)CC3)n2)C1. The van der Waals surface area contributed by atoms with Crippen LogP contribution in [0.3, 0.4) is 0 Å². The molecule has 3 aromatic rings. The zero-order chi connectivity index (χ0) is 22.2. The van der Waals surface area contributed by atoms with Crippen LogP contribution in [-0.2, 0) is 0 Å². The molecule has 5 heterocycles. The maximum Gasteiger partial charge on any atom is 0.235 e. The molecule has 3 aromatic heterocycles. The molecule has 0 radical (unpaired) electrons. The third-order valence-electron chi connectivity index (χ3n) is 6.42. The predicted molar refractivity (Wildman–Crippen MR) is 124 cm³/mol. The van der Waals surface area contributed by atoms with Gasteiger partial charge in [0, 0.05) is 56.6 Å². The van der Waals surface area contributed by atoms with E-state index in [0.717, 1.165) is 37.7 Å². The summed E-state index contributed by atoms with van der Waals surface area (Å²) in [4.78, 5) is 24.8. The highest BCUT2D eigenvalue weighted by Crippen LogP contribution is 2.39. The molecule has 6 rings (SSSR count). The average Bonchev–Trinajstić information content (AvgIpc) is 3.45. The maximum absolute atomic E-state index is 13.9. The molecule has 2 aliphatic heterocycles. The first-order valence-electron chi connectivity index (χ1n) is 11.6. The van der Waals surface area contributed by atoms with Crippen LogP contribution < -0.4 is 20.0 Å². The first kappa shape index (κ1) is 20.1. The summed E-state index contributed by atoms with van der Waals surface area (Å²) in [6, 6.07) is 7.97. The van der Waals surface area contributed by atoms with Crippen molar-refractivity contribution >= 4 is 29.5 Å². The Bertz CT molecular complexity index is 1090. The number of aromatic nitrogens is 6. The van der Waals surface area contributed by atoms with E-state index in [2.05, 4.69) is 35.3 Å². The van der Waals surface area contributed by atoms with Crippen LogP contribution in [-0.4, -0.2) is 75.6 Å². The minimum absolute atomic E-state index is 0.310. The molecule has 33 heavy (non-hydrogen) atoms. The summed E-state index contributed by atoms with van der Waals surface area (Å²) < 4.78 is 13.9. The Morgan fingerprint density at radius 2 is 1.70 bits per heavy atom. The van der Waals surface area contributed by atoms with E-state index in [-0.39, 0.29) is 0 Å². The quantitative estimate of drug-likeness (QED) is 0.586. The number of hydrogen-bond acceptors (Lipinski definition) is 9. The monoisotopic (exact) mass is 450 g/mol. The largest absolute Gasteiger partial charge is 0.353 e. The molecule has 0 amide bonds. The van der Waals surface area contributed by atoms with Gasteiger partial charge in [-0.15, -0.1) is 0 Å². The summed E-state index contributed by atoms with van der Waals surface area (Å²) in [6.45, 7) is 4.08. The average molecular weight is 451 g/mol. The molecule has 1 atom stereocenters. The van der Waals surface area contributed by atoms with Crippen LogP contribution >= 0.6 is 0 Å². The van der Waals surface area contributed by atoms with Crippen molar-refractivity contribution in [3.8, 4) is 0 Å². The van der Waals surface area contributed by atoms with Crippen molar-refractivity contribution < 1.29 is 4.39 Å². The second kappa shape index (κ2) is 8.45. The zero-order valence-corrected chi connectivity index (χ0v) is 18.4. The van der Waals surface area contributed by atoms with Crippen molar-refractivity contribution in [2.45, 2.75) is 31.4 Å². The summed E-state index contributed by atoms with van der Waals surface area (Å²) in [5, 5.41) is 10.7. The van der Waals surface area contributed by atoms with E-state index in [1.165, 1.54) is 12.8 Å². The van der Waals surface area contributed by atoms with Gasteiger partial charge in [-0.3, -0.25) is 5.10 Å². The van der Waals surface area contributed by atoms with Crippen molar-refractivity contribution in [2.24, 2.45) is 0 Å². The third kappa shape index (κ3) is 4.39. The second-order valence-corrected chi connectivity index (χ2v) is 8.86. The highest BCUT2D eigenvalue weighted by Gasteiger charge is 2.28. The molecule has 172 valence electrons. The summed E-state index contributed by atoms with van der Waals surface area (Å²) in [5.74, 6) is 3.78. The number of nitrogens with zero attached hydrogens (tertiary/aromatic N) is 8. The lowest BCUT2D eigenvalue weighted by atomic mass is 10.3. The van der Waals surface area contributed by atoms with Crippen molar-refractivity contribution in [3.63, 3.8) is 0 Å². The summed E-state index contributed by atoms with van der Waals surface area (Å²) in [6.07, 6.45) is 3.86. The summed E-state index contributed by atoms with van der Waals surface area (Å²) >= 11 is 0. The van der Waals surface area contributed by atoms with E-state index < -0.39 is 6.17 Å². The molecule has 3 fully saturated rings. The van der Waals surface area contributed by atoms with E-state index in [4.69, 9.17) is 9.97 Å². The molecule has 1 aliphatic carbocycles. The molecule has 2 saturated heterocycles. The van der Waals surface area contributed by atoms with Gasteiger partial charge in [0.2, 0.25) is 17.8 Å². The lowest BCUT2D eigenvalue weighted by molar-refractivity contribution is 0.364. The van der Waals surface area contributed by atoms with Gasteiger partial charge in [0.1, 0.15) is 12.0 Å². The van der Waals surface area contributed by atoms with Gasteiger partial charge >= 0.3 is 0 Å². The molecule has 1 saturated carbocycles. The number of H-pyrrole nitrogens is 1. The van der Waals surface area contributed by atoms with Gasteiger partial charge in [-0.05, 0) is 31.4 Å². The fourth-order valence-corrected chi connectivity index (χ4v) is 4.39. The zero-order valence-electron chi connectivity index (χ0n) is 18.4. The number of alkyl halides is 1. The lowest BCUT2D eigenvalue weighted by Crippen LogP contribution is -2.47. The number of aromatic amines is 1. The van der Waals surface area contributed by atoms with Gasteiger partial charge in [-0.1, -0.05) is 6.07 Å². The fourth-order valence-electron chi connectivity index (χ4n) is 4.39. The van der Waals surface area contributed by atoms with Gasteiger partial charge < -0.3 is 20.0 Å². The van der Waals surface area contributed by atoms with Gasteiger partial charge in [-0.25, -0.2) is 9.37 Å². The minimum Gasteiger partial charge on any atom is -0.353 e. The molecular formula is C22H27FN10. The molecule has 2 N–H and O–H groups in total. The summed E-state index contributed by atoms with van der Waals surface area (Å²) in [7, 11) is 0. The Labute approximate surface area is 191 Å². The Morgan fingerprint density at radius 3 is 2.39 bits per heavy atom. The molecule has 11 heteroatoms. The Hall–Kier alpha value is -3.50. The van der Waals surface area contributed by atoms with Crippen LogP contribution in [0.25, 0.3) is 0 Å². The van der Waals surface area contributed by atoms with Crippen molar-refractivity contribution in [3.05, 3.63) is 36.2 Å². The van der Waals surface area contributed by atoms with Crippen molar-refractivity contribution in [1.82, 2.24) is 30.1 Å². The molecule has 0 bridgehead atoms. The topological polar surface area (TPSA) is 102 Å². The van der Waals surface area contributed by atoms with Crippen molar-refractivity contribution in [2.75, 3.05) is 59.3 Å². The van der Waals surface area contributed by atoms with Crippen molar-refractivity contribution in [1.29, 1.82) is 0 Å². The van der Waals surface area contributed by atoms with Crippen LogP contribution in [0, 0.1) is 0 Å². The van der Waals surface area contributed by atoms with Crippen LogP contribution in [0.5, 0.6) is 0 Å². The number of pyridine rings is 1. The van der Waals surface area contributed by atoms with E-state index in [1.54, 1.807) is 0 Å². The van der Waals surface area contributed by atoms with E-state index >= 15 is 0 Å². The molecular weight excluding hydrogens is 423 g/mol. The van der Waals surface area contributed by atoms with E-state index in [9.17, 15) is 4.39 Å². The van der Waals surface area contributed by atoms with Crippen LogP contribution in [0.1, 0.15) is 30.9 Å². The highest BCUT2D eigenvalue weighted by atomic mass is 19.1. The molecule has 0 spiro atoms. The minimum atomic E-state index is -0.851. The number of halogens is 1. The lowest BCUT2D eigenvalue weighted by Gasteiger charge is -2.35. The van der Waals surface area contributed by atoms with Gasteiger partial charge in [-0.2, -0.15) is 20.1 Å². The number of rotatable bonds is 6. The van der Waals surface area contributed by atoms with Crippen LogP contribution in [0.15, 0.2) is 30.5 Å². The first-order chi connectivity index (χ1) is 16.2. The standard InChI is InChI=1S/C22H27FN10/c23-16-6-8-33(14-16)22-27-20(25-18-13-17(29-30-18)15-4-5-15)26-21(28-22)32-11-9-31(10-12-32)19-3-1-2-7-24-19/h1-3,7,13,15-16H,4-6,8-12,14H2,(H2,25,26,27,28,29,30)/t16-/m1/s1. The Balaban J connectivity index is 1.23. The molecule has 0 unspecified atom stereocenters. The van der Waals surface area contributed by atoms with E-state index in [1.807, 2.05) is 35.4 Å². The molecule has 0 aromatic carbocycles. The summed E-state index contributed by atoms with van der Waals surface area (Å²) in [5.41, 5.74) is 1.14. The smallest absolute Gasteiger partial charge is 0.235 e. The Kier molecular flexibility index (Phi) is 5.16. The normalized spacial score (nSPS) is 21.0. The number of piperazine rings is 1. The molecule has 10 nitrogen and oxygen atoms in total. The first-order valence-corrected chi connectivity index (χ1v) is 11.6. The third-order valence-corrected chi connectivity index (χ3v) is 6.42. The number of anilines is 5. The van der Waals surface area contributed by atoms with Crippen LogP contribution in [0.4, 0.5) is 33.9 Å². The Morgan fingerprint density at radius 1 is 0.909 bits per heavy atom. The van der Waals surface area contributed by atoms with Gasteiger partial charge in [0.15, 0.2) is 5.82 Å². The van der Waals surface area contributed by atoms with E-state index in [0.29, 0.717) is 49.1 Å². The highest BCUT2D eigenvalue weighted by molar-refractivity contribution is 5.54. The number of nitrogens with one attached hydrogen (secondary N) is 2.